The molecule has 1 atom stereocenters. The highest BCUT2D eigenvalue weighted by atomic mass is 79.9. The minimum absolute atomic E-state index is 0.215. The molecule has 1 nitrogen and oxygen atoms in total. The van der Waals surface area contributed by atoms with E-state index >= 15 is 0 Å². The minimum atomic E-state index is -0.215. The topological polar surface area (TPSA) is 12.0 Å². The molecule has 0 saturated heterocycles. The Morgan fingerprint density at radius 2 is 2.22 bits per heavy atom. The summed E-state index contributed by atoms with van der Waals surface area (Å²) in [6.45, 7) is 0. The predicted molar refractivity (Wildman–Crippen MR) is 77.7 cm³/mol. The fraction of sp³-hybridized carbons (Fsp3) is 0.286. The van der Waals surface area contributed by atoms with Crippen molar-refractivity contribution in [3.05, 3.63) is 50.4 Å². The lowest BCUT2D eigenvalue weighted by Gasteiger charge is -2.25. The highest BCUT2D eigenvalue weighted by Crippen LogP contribution is 2.37. The average Bonchev–Trinajstić information content (AvgIpc) is 2.82. The third kappa shape index (κ3) is 2.31. The van der Waals surface area contributed by atoms with Crippen LogP contribution in [0.2, 0.25) is 0 Å². The second kappa shape index (κ2) is 5.02. The van der Waals surface area contributed by atoms with Crippen LogP contribution in [0.4, 0.5) is 10.1 Å². The minimum Gasteiger partial charge on any atom is -0.377 e. The Morgan fingerprint density at radius 3 is 3.06 bits per heavy atom. The van der Waals surface area contributed by atoms with E-state index in [1.54, 1.807) is 6.07 Å². The molecule has 1 aliphatic carbocycles. The summed E-state index contributed by atoms with van der Waals surface area (Å²) in [5, 5.41) is 5.67. The molecule has 1 aliphatic rings. The van der Waals surface area contributed by atoms with Gasteiger partial charge in [-0.05, 0) is 70.4 Å². The van der Waals surface area contributed by atoms with Crippen LogP contribution in [0.15, 0.2) is 34.1 Å². The summed E-state index contributed by atoms with van der Waals surface area (Å²) in [7, 11) is 0. The standard InChI is InChI=1S/C14H13BrFNS/c15-11-8-9(16)4-5-13(11)17-12-2-1-3-14-10(12)6-7-18-14/h4-8,12,17H,1-3H2. The van der Waals surface area contributed by atoms with E-state index in [9.17, 15) is 4.39 Å². The lowest BCUT2D eigenvalue weighted by atomic mass is 9.94. The van der Waals surface area contributed by atoms with Crippen LogP contribution in [-0.2, 0) is 6.42 Å². The van der Waals surface area contributed by atoms with E-state index in [0.717, 1.165) is 16.6 Å². The first-order chi connectivity index (χ1) is 8.74. The van der Waals surface area contributed by atoms with Gasteiger partial charge in [-0.25, -0.2) is 4.39 Å². The number of anilines is 1. The van der Waals surface area contributed by atoms with E-state index in [2.05, 4.69) is 32.7 Å². The van der Waals surface area contributed by atoms with Crippen molar-refractivity contribution in [3.63, 3.8) is 0 Å². The van der Waals surface area contributed by atoms with Crippen LogP contribution in [-0.4, -0.2) is 0 Å². The summed E-state index contributed by atoms with van der Waals surface area (Å²) in [6, 6.07) is 7.33. The highest BCUT2D eigenvalue weighted by molar-refractivity contribution is 9.10. The quantitative estimate of drug-likeness (QED) is 0.806. The van der Waals surface area contributed by atoms with Gasteiger partial charge in [-0.15, -0.1) is 11.3 Å². The number of hydrogen-bond acceptors (Lipinski definition) is 2. The number of aryl methyl sites for hydroxylation is 1. The molecule has 0 aliphatic heterocycles. The van der Waals surface area contributed by atoms with Crippen molar-refractivity contribution in [1.29, 1.82) is 0 Å². The van der Waals surface area contributed by atoms with Gasteiger partial charge in [-0.1, -0.05) is 0 Å². The van der Waals surface area contributed by atoms with Gasteiger partial charge in [0.1, 0.15) is 5.82 Å². The fourth-order valence-electron chi connectivity index (χ4n) is 2.43. The summed E-state index contributed by atoms with van der Waals surface area (Å²) in [4.78, 5) is 1.48. The molecule has 4 heteroatoms. The van der Waals surface area contributed by atoms with Crippen LogP contribution in [0.3, 0.4) is 0 Å². The van der Waals surface area contributed by atoms with E-state index in [1.807, 2.05) is 11.3 Å². The molecule has 18 heavy (non-hydrogen) atoms. The SMILES string of the molecule is Fc1ccc(NC2CCCc3sccc32)c(Br)c1. The van der Waals surface area contributed by atoms with Crippen molar-refractivity contribution >= 4 is 33.0 Å². The summed E-state index contributed by atoms with van der Waals surface area (Å²) in [5.74, 6) is -0.215. The molecule has 0 radical (unpaired) electrons. The maximum atomic E-state index is 13.1. The Balaban J connectivity index is 1.86. The Labute approximate surface area is 118 Å². The summed E-state index contributed by atoms with van der Waals surface area (Å²) < 4.78 is 13.8. The van der Waals surface area contributed by atoms with Gasteiger partial charge in [-0.3, -0.25) is 0 Å². The molecule has 1 aromatic heterocycles. The van der Waals surface area contributed by atoms with Crippen LogP contribution >= 0.6 is 27.3 Å². The van der Waals surface area contributed by atoms with Gasteiger partial charge in [0.25, 0.3) is 0 Å². The summed E-state index contributed by atoms with van der Waals surface area (Å²) in [5.41, 5.74) is 2.36. The van der Waals surface area contributed by atoms with Crippen molar-refractivity contribution in [2.75, 3.05) is 5.32 Å². The smallest absolute Gasteiger partial charge is 0.124 e. The molecule has 0 fully saturated rings. The summed E-state index contributed by atoms with van der Waals surface area (Å²) >= 11 is 5.24. The molecular weight excluding hydrogens is 313 g/mol. The zero-order valence-corrected chi connectivity index (χ0v) is 12.2. The molecule has 0 bridgehead atoms. The molecule has 2 aromatic rings. The number of fused-ring (bicyclic) bond motifs is 1. The largest absolute Gasteiger partial charge is 0.377 e. The monoisotopic (exact) mass is 325 g/mol. The normalized spacial score (nSPS) is 18.4. The van der Waals surface area contributed by atoms with Gasteiger partial charge in [0, 0.05) is 15.0 Å². The van der Waals surface area contributed by atoms with Crippen LogP contribution in [0, 0.1) is 5.82 Å². The molecule has 1 aromatic carbocycles. The highest BCUT2D eigenvalue weighted by Gasteiger charge is 2.21. The Morgan fingerprint density at radius 1 is 1.33 bits per heavy atom. The van der Waals surface area contributed by atoms with Crippen molar-refractivity contribution < 1.29 is 4.39 Å². The second-order valence-corrected chi connectivity index (χ2v) is 6.37. The van der Waals surface area contributed by atoms with Gasteiger partial charge >= 0.3 is 0 Å². The fourth-order valence-corrected chi connectivity index (χ4v) is 3.88. The van der Waals surface area contributed by atoms with Crippen LogP contribution in [0.1, 0.15) is 29.3 Å². The maximum absolute atomic E-state index is 13.1. The summed E-state index contributed by atoms with van der Waals surface area (Å²) in [6.07, 6.45) is 3.54. The van der Waals surface area contributed by atoms with Gasteiger partial charge in [0.05, 0.1) is 6.04 Å². The Kier molecular flexibility index (Phi) is 3.39. The zero-order valence-electron chi connectivity index (χ0n) is 9.75. The maximum Gasteiger partial charge on any atom is 0.124 e. The lowest BCUT2D eigenvalue weighted by molar-refractivity contribution is 0.607. The first-order valence-corrected chi connectivity index (χ1v) is 7.69. The van der Waals surface area contributed by atoms with Gasteiger partial charge in [0.2, 0.25) is 0 Å². The Bertz CT molecular complexity index is 567. The van der Waals surface area contributed by atoms with Crippen molar-refractivity contribution in [3.8, 4) is 0 Å². The number of rotatable bonds is 2. The molecule has 1 heterocycles. The van der Waals surface area contributed by atoms with Crippen molar-refractivity contribution in [2.24, 2.45) is 0 Å². The third-order valence-electron chi connectivity index (χ3n) is 3.31. The number of nitrogens with one attached hydrogen (secondary N) is 1. The molecule has 1 N–H and O–H groups in total. The first-order valence-electron chi connectivity index (χ1n) is 6.02. The number of benzene rings is 1. The molecule has 0 saturated carbocycles. The first kappa shape index (κ1) is 12.2. The predicted octanol–water partition coefficient (Wildman–Crippen LogP) is 5.14. The Hall–Kier alpha value is -0.870. The van der Waals surface area contributed by atoms with E-state index in [1.165, 1.54) is 35.4 Å². The van der Waals surface area contributed by atoms with Gasteiger partial charge < -0.3 is 5.32 Å². The van der Waals surface area contributed by atoms with Crippen molar-refractivity contribution in [1.82, 2.24) is 0 Å². The average molecular weight is 326 g/mol. The lowest BCUT2D eigenvalue weighted by Crippen LogP contribution is -2.15. The second-order valence-electron chi connectivity index (χ2n) is 4.51. The van der Waals surface area contributed by atoms with Crippen LogP contribution in [0.25, 0.3) is 0 Å². The molecule has 3 rings (SSSR count). The van der Waals surface area contributed by atoms with Crippen molar-refractivity contribution in [2.45, 2.75) is 25.3 Å². The third-order valence-corrected chi connectivity index (χ3v) is 4.97. The molecular formula is C14H13BrFNS. The number of thiophene rings is 1. The molecule has 1 unspecified atom stereocenters. The zero-order chi connectivity index (χ0) is 12.5. The molecule has 94 valence electrons. The number of hydrogen-bond donors (Lipinski definition) is 1. The molecule has 0 amide bonds. The van der Waals surface area contributed by atoms with Crippen LogP contribution in [0.5, 0.6) is 0 Å². The van der Waals surface area contributed by atoms with Crippen LogP contribution < -0.4 is 5.32 Å². The van der Waals surface area contributed by atoms with E-state index in [0.29, 0.717) is 6.04 Å². The van der Waals surface area contributed by atoms with E-state index in [-0.39, 0.29) is 5.82 Å². The van der Waals surface area contributed by atoms with E-state index < -0.39 is 0 Å². The number of halogens is 2. The van der Waals surface area contributed by atoms with Gasteiger partial charge in [0.15, 0.2) is 0 Å². The van der Waals surface area contributed by atoms with Gasteiger partial charge in [-0.2, -0.15) is 0 Å². The molecule has 0 spiro atoms. The van der Waals surface area contributed by atoms with E-state index in [4.69, 9.17) is 0 Å².